The average Bonchev–Trinajstić information content (AvgIpc) is 2.14. The summed E-state index contributed by atoms with van der Waals surface area (Å²) in [6, 6.07) is 0.468. The Bertz CT molecular complexity index is 130. The highest BCUT2D eigenvalue weighted by atomic mass is 35.5. The molecule has 3 nitrogen and oxygen atoms in total. The zero-order valence-corrected chi connectivity index (χ0v) is 8.12. The highest BCUT2D eigenvalue weighted by Crippen LogP contribution is 2.16. The van der Waals surface area contributed by atoms with Crippen molar-refractivity contribution in [2.75, 3.05) is 0 Å². The maximum atomic E-state index is 7.07. The van der Waals surface area contributed by atoms with Crippen molar-refractivity contribution in [1.29, 1.82) is 5.41 Å². The zero-order valence-electron chi connectivity index (χ0n) is 7.31. The first-order chi connectivity index (χ1) is 5.29. The maximum Gasteiger partial charge on any atom is 0.185 e. The number of halogens is 1. The van der Waals surface area contributed by atoms with Crippen molar-refractivity contribution < 1.29 is 0 Å². The summed E-state index contributed by atoms with van der Waals surface area (Å²) in [6.45, 7) is 0. The summed E-state index contributed by atoms with van der Waals surface area (Å²) >= 11 is 0. The Kier molecular flexibility index (Phi) is 5.89. The Hall–Kier alpha value is -0.440. The van der Waals surface area contributed by atoms with Gasteiger partial charge in [-0.1, -0.05) is 25.7 Å². The minimum atomic E-state index is 0. The van der Waals surface area contributed by atoms with Crippen LogP contribution in [0.5, 0.6) is 0 Å². The average molecular weight is 192 g/mol. The second-order valence-corrected chi connectivity index (χ2v) is 3.25. The van der Waals surface area contributed by atoms with Crippen LogP contribution in [0.3, 0.4) is 0 Å². The summed E-state index contributed by atoms with van der Waals surface area (Å²) in [4.78, 5) is 0. The lowest BCUT2D eigenvalue weighted by atomic mass is 10.1. The molecule has 1 aliphatic rings. The lowest BCUT2D eigenvalue weighted by molar-refractivity contribution is 0.530. The fourth-order valence-corrected chi connectivity index (χ4v) is 1.64. The Balaban J connectivity index is 0.00000121. The van der Waals surface area contributed by atoms with Gasteiger partial charge in [-0.3, -0.25) is 5.41 Å². The van der Waals surface area contributed by atoms with E-state index in [0.717, 1.165) is 0 Å². The van der Waals surface area contributed by atoms with Crippen molar-refractivity contribution in [2.24, 2.45) is 5.73 Å². The van der Waals surface area contributed by atoms with Gasteiger partial charge in [0.15, 0.2) is 5.96 Å². The van der Waals surface area contributed by atoms with E-state index in [2.05, 4.69) is 5.32 Å². The molecule has 1 rings (SSSR count). The molecule has 0 bridgehead atoms. The van der Waals surface area contributed by atoms with E-state index in [9.17, 15) is 0 Å². The van der Waals surface area contributed by atoms with Gasteiger partial charge in [-0.2, -0.15) is 0 Å². The van der Waals surface area contributed by atoms with E-state index in [4.69, 9.17) is 11.1 Å². The molecule has 0 spiro atoms. The number of nitrogens with two attached hydrogens (primary N) is 1. The van der Waals surface area contributed by atoms with Gasteiger partial charge in [0.25, 0.3) is 0 Å². The quantitative estimate of drug-likeness (QED) is 0.335. The van der Waals surface area contributed by atoms with E-state index in [1.807, 2.05) is 0 Å². The fraction of sp³-hybridized carbons (Fsp3) is 0.875. The molecular weight excluding hydrogens is 174 g/mol. The van der Waals surface area contributed by atoms with Crippen LogP contribution in [0.25, 0.3) is 0 Å². The third-order valence-corrected chi connectivity index (χ3v) is 2.21. The summed E-state index contributed by atoms with van der Waals surface area (Å²) < 4.78 is 0. The second kappa shape index (κ2) is 6.12. The topological polar surface area (TPSA) is 61.9 Å². The van der Waals surface area contributed by atoms with Crippen LogP contribution >= 0.6 is 12.4 Å². The highest BCUT2D eigenvalue weighted by Gasteiger charge is 2.11. The van der Waals surface area contributed by atoms with Crippen molar-refractivity contribution in [2.45, 2.75) is 44.6 Å². The SMILES string of the molecule is Cl.N=C(N)NC1CCCCCC1. The molecule has 0 aromatic rings. The molecule has 0 unspecified atom stereocenters. The molecule has 72 valence electrons. The number of hydrogen-bond donors (Lipinski definition) is 3. The molecule has 0 aromatic heterocycles. The second-order valence-electron chi connectivity index (χ2n) is 3.25. The van der Waals surface area contributed by atoms with Gasteiger partial charge in [0.1, 0.15) is 0 Å². The maximum absolute atomic E-state index is 7.07. The van der Waals surface area contributed by atoms with Crippen molar-refractivity contribution >= 4 is 18.4 Å². The van der Waals surface area contributed by atoms with Crippen LogP contribution in [-0.4, -0.2) is 12.0 Å². The lowest BCUT2D eigenvalue weighted by Gasteiger charge is -2.15. The van der Waals surface area contributed by atoms with Gasteiger partial charge >= 0.3 is 0 Å². The summed E-state index contributed by atoms with van der Waals surface area (Å²) in [7, 11) is 0. The van der Waals surface area contributed by atoms with Gasteiger partial charge in [0.2, 0.25) is 0 Å². The van der Waals surface area contributed by atoms with Gasteiger partial charge in [0, 0.05) is 6.04 Å². The Labute approximate surface area is 80.0 Å². The molecule has 4 heteroatoms. The van der Waals surface area contributed by atoms with Crippen LogP contribution in [0.2, 0.25) is 0 Å². The van der Waals surface area contributed by atoms with Gasteiger partial charge < -0.3 is 11.1 Å². The van der Waals surface area contributed by atoms with Crippen molar-refractivity contribution in [1.82, 2.24) is 5.32 Å². The summed E-state index contributed by atoms with van der Waals surface area (Å²) in [5.41, 5.74) is 5.25. The fourth-order valence-electron chi connectivity index (χ4n) is 1.64. The Morgan fingerprint density at radius 2 is 1.67 bits per heavy atom. The predicted octanol–water partition coefficient (Wildman–Crippen LogP) is 1.61. The molecule has 0 heterocycles. The highest BCUT2D eigenvalue weighted by molar-refractivity contribution is 5.85. The van der Waals surface area contributed by atoms with Gasteiger partial charge in [0.05, 0.1) is 0 Å². The third-order valence-electron chi connectivity index (χ3n) is 2.21. The van der Waals surface area contributed by atoms with E-state index in [1.54, 1.807) is 0 Å². The van der Waals surface area contributed by atoms with E-state index in [0.29, 0.717) is 6.04 Å². The summed E-state index contributed by atoms with van der Waals surface area (Å²) in [5, 5.41) is 10.1. The molecular formula is C8H18ClN3. The molecule has 0 saturated heterocycles. The van der Waals surface area contributed by atoms with Crippen molar-refractivity contribution in [3.63, 3.8) is 0 Å². The Morgan fingerprint density at radius 1 is 1.17 bits per heavy atom. The molecule has 1 fully saturated rings. The first-order valence-electron chi connectivity index (χ1n) is 4.39. The number of rotatable bonds is 1. The molecule has 0 aromatic carbocycles. The van der Waals surface area contributed by atoms with Crippen molar-refractivity contribution in [3.8, 4) is 0 Å². The van der Waals surface area contributed by atoms with Crippen LogP contribution in [0.15, 0.2) is 0 Å². The van der Waals surface area contributed by atoms with Crippen LogP contribution in [0, 0.1) is 5.41 Å². The molecule has 1 saturated carbocycles. The van der Waals surface area contributed by atoms with E-state index in [-0.39, 0.29) is 18.4 Å². The summed E-state index contributed by atoms with van der Waals surface area (Å²) in [5.74, 6) is 0.122. The molecule has 0 aliphatic heterocycles. The van der Waals surface area contributed by atoms with E-state index < -0.39 is 0 Å². The molecule has 0 atom stereocenters. The number of hydrogen-bond acceptors (Lipinski definition) is 1. The van der Waals surface area contributed by atoms with Crippen LogP contribution in [-0.2, 0) is 0 Å². The minimum absolute atomic E-state index is 0. The monoisotopic (exact) mass is 191 g/mol. The molecule has 1 aliphatic carbocycles. The Morgan fingerprint density at radius 3 is 2.08 bits per heavy atom. The predicted molar refractivity (Wildman–Crippen MR) is 53.8 cm³/mol. The number of guanidine groups is 1. The molecule has 0 amide bonds. The standard InChI is InChI=1S/C8H17N3.ClH/c9-8(10)11-7-5-3-1-2-4-6-7;/h7H,1-6H2,(H4,9,10,11);1H. The molecule has 4 N–H and O–H groups in total. The summed E-state index contributed by atoms with van der Waals surface area (Å²) in [6.07, 6.45) is 7.61. The van der Waals surface area contributed by atoms with Gasteiger partial charge in [-0.15, -0.1) is 12.4 Å². The van der Waals surface area contributed by atoms with Crippen LogP contribution in [0.4, 0.5) is 0 Å². The van der Waals surface area contributed by atoms with Crippen LogP contribution < -0.4 is 11.1 Å². The normalized spacial score (nSPS) is 19.0. The van der Waals surface area contributed by atoms with E-state index >= 15 is 0 Å². The molecule has 0 radical (unpaired) electrons. The lowest BCUT2D eigenvalue weighted by Crippen LogP contribution is -2.38. The number of nitrogens with one attached hydrogen (secondary N) is 2. The van der Waals surface area contributed by atoms with Gasteiger partial charge in [-0.25, -0.2) is 0 Å². The van der Waals surface area contributed by atoms with Crippen molar-refractivity contribution in [3.05, 3.63) is 0 Å². The van der Waals surface area contributed by atoms with E-state index in [1.165, 1.54) is 38.5 Å². The van der Waals surface area contributed by atoms with Crippen LogP contribution in [0.1, 0.15) is 38.5 Å². The van der Waals surface area contributed by atoms with Gasteiger partial charge in [-0.05, 0) is 12.8 Å². The zero-order chi connectivity index (χ0) is 8.10. The first kappa shape index (κ1) is 11.6. The largest absolute Gasteiger partial charge is 0.370 e. The smallest absolute Gasteiger partial charge is 0.185 e. The minimum Gasteiger partial charge on any atom is -0.370 e. The first-order valence-corrected chi connectivity index (χ1v) is 4.39. The third kappa shape index (κ3) is 4.44. The molecule has 12 heavy (non-hydrogen) atoms.